The number of hydrogen-bond donors (Lipinski definition) is 0. The Bertz CT molecular complexity index is 970. The van der Waals surface area contributed by atoms with Gasteiger partial charge in [0, 0.05) is 5.56 Å². The first kappa shape index (κ1) is 22.7. The third-order valence-electron chi connectivity index (χ3n) is 5.46. The van der Waals surface area contributed by atoms with Crippen LogP contribution in [0, 0.1) is 6.92 Å². The van der Waals surface area contributed by atoms with Gasteiger partial charge in [0.05, 0.1) is 0 Å². The highest BCUT2D eigenvalue weighted by Crippen LogP contribution is 2.36. The number of ether oxygens (including phenoxy) is 2. The van der Waals surface area contributed by atoms with Crippen molar-refractivity contribution in [2.75, 3.05) is 0 Å². The molecule has 0 unspecified atom stereocenters. The van der Waals surface area contributed by atoms with E-state index in [2.05, 4.69) is 70.2 Å². The van der Waals surface area contributed by atoms with Crippen LogP contribution in [0.4, 0.5) is 0 Å². The molecule has 0 aromatic heterocycles. The standard InChI is InChI=1S/C29H34O2/c1-22(2)12-11-13-23(3)27-19-28(30-20-25-14-7-5-8-15-25)24(4)18-29(27)31-21-26-16-9-6-10-17-26/h5-10,12,14-19,23H,11,13,20-21H2,1-4H3/t23-/m1/s1. The van der Waals surface area contributed by atoms with E-state index >= 15 is 0 Å². The van der Waals surface area contributed by atoms with Crippen LogP contribution in [0.25, 0.3) is 0 Å². The Labute approximate surface area is 187 Å². The summed E-state index contributed by atoms with van der Waals surface area (Å²) < 4.78 is 12.5. The highest BCUT2D eigenvalue weighted by Gasteiger charge is 2.16. The van der Waals surface area contributed by atoms with E-state index in [1.807, 2.05) is 36.4 Å². The lowest BCUT2D eigenvalue weighted by molar-refractivity contribution is 0.291. The fraction of sp³-hybridized carbons (Fsp3) is 0.310. The van der Waals surface area contributed by atoms with E-state index in [1.54, 1.807) is 0 Å². The number of allylic oxidation sites excluding steroid dienone is 2. The van der Waals surface area contributed by atoms with E-state index < -0.39 is 0 Å². The zero-order valence-electron chi connectivity index (χ0n) is 19.2. The summed E-state index contributed by atoms with van der Waals surface area (Å²) in [4.78, 5) is 0. The first-order valence-corrected chi connectivity index (χ1v) is 11.1. The van der Waals surface area contributed by atoms with E-state index in [1.165, 1.54) is 22.3 Å². The predicted octanol–water partition coefficient (Wildman–Crippen LogP) is 8.00. The van der Waals surface area contributed by atoms with E-state index in [9.17, 15) is 0 Å². The van der Waals surface area contributed by atoms with Crippen molar-refractivity contribution in [3.8, 4) is 11.5 Å². The summed E-state index contributed by atoms with van der Waals surface area (Å²) in [5.74, 6) is 2.26. The van der Waals surface area contributed by atoms with Gasteiger partial charge in [-0.05, 0) is 68.4 Å². The zero-order valence-corrected chi connectivity index (χ0v) is 19.2. The van der Waals surface area contributed by atoms with Crippen molar-refractivity contribution in [3.63, 3.8) is 0 Å². The Hall–Kier alpha value is -3.00. The predicted molar refractivity (Wildman–Crippen MR) is 130 cm³/mol. The average molecular weight is 415 g/mol. The monoisotopic (exact) mass is 414 g/mol. The summed E-state index contributed by atoms with van der Waals surface area (Å²) in [5.41, 5.74) is 6.02. The van der Waals surface area contributed by atoms with Crippen LogP contribution in [0.1, 0.15) is 61.8 Å². The maximum absolute atomic E-state index is 6.30. The van der Waals surface area contributed by atoms with E-state index in [-0.39, 0.29) is 0 Å². The maximum atomic E-state index is 6.30. The van der Waals surface area contributed by atoms with Crippen LogP contribution in [-0.2, 0) is 13.2 Å². The molecule has 3 aromatic carbocycles. The lowest BCUT2D eigenvalue weighted by Crippen LogP contribution is -2.04. The van der Waals surface area contributed by atoms with Gasteiger partial charge in [-0.25, -0.2) is 0 Å². The molecule has 0 spiro atoms. The SMILES string of the molecule is CC(C)=CCC[C@@H](C)c1cc(OCc2ccccc2)c(C)cc1OCc1ccccc1. The molecular formula is C29H34O2. The summed E-state index contributed by atoms with van der Waals surface area (Å²) >= 11 is 0. The van der Waals surface area contributed by atoms with Gasteiger partial charge < -0.3 is 9.47 Å². The van der Waals surface area contributed by atoms with Gasteiger partial charge in [0.2, 0.25) is 0 Å². The molecule has 0 heterocycles. The molecule has 31 heavy (non-hydrogen) atoms. The molecule has 2 nitrogen and oxygen atoms in total. The summed E-state index contributed by atoms with van der Waals surface area (Å²) in [6.45, 7) is 9.81. The van der Waals surface area contributed by atoms with Crippen molar-refractivity contribution in [3.05, 3.63) is 107 Å². The van der Waals surface area contributed by atoms with Crippen LogP contribution in [-0.4, -0.2) is 0 Å². The topological polar surface area (TPSA) is 18.5 Å². The molecular weight excluding hydrogens is 380 g/mol. The van der Waals surface area contributed by atoms with Gasteiger partial charge in [0.1, 0.15) is 24.7 Å². The zero-order chi connectivity index (χ0) is 22.1. The lowest BCUT2D eigenvalue weighted by atomic mass is 9.93. The molecule has 0 amide bonds. The summed E-state index contributed by atoms with van der Waals surface area (Å²) in [6, 6.07) is 25.0. The first-order chi connectivity index (χ1) is 15.0. The lowest BCUT2D eigenvalue weighted by Gasteiger charge is -2.20. The van der Waals surface area contributed by atoms with Gasteiger partial charge in [-0.15, -0.1) is 0 Å². The van der Waals surface area contributed by atoms with Gasteiger partial charge in [-0.2, -0.15) is 0 Å². The highest BCUT2D eigenvalue weighted by atomic mass is 16.5. The number of aryl methyl sites for hydroxylation is 1. The van der Waals surface area contributed by atoms with E-state index in [0.717, 1.165) is 29.9 Å². The molecule has 0 aliphatic carbocycles. The molecule has 0 fully saturated rings. The molecule has 0 aliphatic rings. The largest absolute Gasteiger partial charge is 0.489 e. The van der Waals surface area contributed by atoms with Crippen molar-refractivity contribution in [1.29, 1.82) is 0 Å². The molecule has 0 saturated carbocycles. The molecule has 0 saturated heterocycles. The van der Waals surface area contributed by atoms with Crippen LogP contribution in [0.15, 0.2) is 84.4 Å². The van der Waals surface area contributed by atoms with Crippen molar-refractivity contribution >= 4 is 0 Å². The van der Waals surface area contributed by atoms with Crippen LogP contribution in [0.5, 0.6) is 11.5 Å². The van der Waals surface area contributed by atoms with Gasteiger partial charge in [0.15, 0.2) is 0 Å². The molecule has 0 N–H and O–H groups in total. The summed E-state index contributed by atoms with van der Waals surface area (Å²) in [5, 5.41) is 0. The molecule has 0 radical (unpaired) electrons. The molecule has 0 bridgehead atoms. The molecule has 2 heteroatoms. The molecule has 162 valence electrons. The Morgan fingerprint density at radius 1 is 0.806 bits per heavy atom. The highest BCUT2D eigenvalue weighted by molar-refractivity contribution is 5.47. The minimum atomic E-state index is 0.376. The molecule has 3 aromatic rings. The van der Waals surface area contributed by atoms with Gasteiger partial charge in [-0.3, -0.25) is 0 Å². The van der Waals surface area contributed by atoms with E-state index in [0.29, 0.717) is 19.1 Å². The van der Waals surface area contributed by atoms with Crippen LogP contribution < -0.4 is 9.47 Å². The van der Waals surface area contributed by atoms with E-state index in [4.69, 9.17) is 9.47 Å². The molecule has 0 aliphatic heterocycles. The van der Waals surface area contributed by atoms with Crippen molar-refractivity contribution in [2.24, 2.45) is 0 Å². The number of hydrogen-bond acceptors (Lipinski definition) is 2. The minimum Gasteiger partial charge on any atom is -0.489 e. The average Bonchev–Trinajstić information content (AvgIpc) is 2.78. The Morgan fingerprint density at radius 3 is 1.90 bits per heavy atom. The van der Waals surface area contributed by atoms with Gasteiger partial charge >= 0.3 is 0 Å². The molecule has 1 atom stereocenters. The third-order valence-corrected chi connectivity index (χ3v) is 5.46. The Balaban J connectivity index is 1.81. The second-order valence-electron chi connectivity index (χ2n) is 8.46. The van der Waals surface area contributed by atoms with Crippen LogP contribution in [0.3, 0.4) is 0 Å². The fourth-order valence-corrected chi connectivity index (χ4v) is 3.59. The first-order valence-electron chi connectivity index (χ1n) is 11.1. The second-order valence-corrected chi connectivity index (χ2v) is 8.46. The quantitative estimate of drug-likeness (QED) is 0.313. The van der Waals surface area contributed by atoms with Crippen LogP contribution >= 0.6 is 0 Å². The third kappa shape index (κ3) is 7.03. The second kappa shape index (κ2) is 11.4. The Kier molecular flexibility index (Phi) is 8.35. The van der Waals surface area contributed by atoms with Crippen molar-refractivity contribution in [1.82, 2.24) is 0 Å². The summed E-state index contributed by atoms with van der Waals surface area (Å²) in [6.07, 6.45) is 4.45. The summed E-state index contributed by atoms with van der Waals surface area (Å²) in [7, 11) is 0. The normalized spacial score (nSPS) is 11.6. The maximum Gasteiger partial charge on any atom is 0.123 e. The van der Waals surface area contributed by atoms with Gasteiger partial charge in [-0.1, -0.05) is 79.2 Å². The Morgan fingerprint density at radius 2 is 1.35 bits per heavy atom. The smallest absolute Gasteiger partial charge is 0.123 e. The minimum absolute atomic E-state index is 0.376. The number of rotatable bonds is 10. The van der Waals surface area contributed by atoms with Gasteiger partial charge in [0.25, 0.3) is 0 Å². The molecule has 3 rings (SSSR count). The van der Waals surface area contributed by atoms with Crippen molar-refractivity contribution in [2.45, 2.75) is 59.7 Å². The van der Waals surface area contributed by atoms with Crippen LogP contribution in [0.2, 0.25) is 0 Å². The van der Waals surface area contributed by atoms with Crippen molar-refractivity contribution < 1.29 is 9.47 Å². The number of benzene rings is 3. The fourth-order valence-electron chi connectivity index (χ4n) is 3.59.